The molecular weight excluding hydrogens is 428 g/mol. The number of carboxylic acid groups (broad SMARTS) is 2. The van der Waals surface area contributed by atoms with Gasteiger partial charge in [-0.05, 0) is 37.1 Å². The van der Waals surface area contributed by atoms with Crippen LogP contribution in [0.2, 0.25) is 0 Å². The first-order valence-corrected chi connectivity index (χ1v) is 10.6. The van der Waals surface area contributed by atoms with Gasteiger partial charge >= 0.3 is 18.0 Å². The van der Waals surface area contributed by atoms with Crippen LogP contribution < -0.4 is 9.47 Å². The third-order valence-corrected chi connectivity index (χ3v) is 5.28. The number of carbonyl (C=O) groups is 3. The highest BCUT2D eigenvalue weighted by atomic mass is 16.6. The Morgan fingerprint density at radius 3 is 1.97 bits per heavy atom. The molecule has 33 heavy (non-hydrogen) atoms. The van der Waals surface area contributed by atoms with Gasteiger partial charge < -0.3 is 29.5 Å². The van der Waals surface area contributed by atoms with E-state index in [9.17, 15) is 14.4 Å². The Morgan fingerprint density at radius 1 is 0.788 bits per heavy atom. The summed E-state index contributed by atoms with van der Waals surface area (Å²) in [6.07, 6.45) is 2.89. The fourth-order valence-corrected chi connectivity index (χ4v) is 3.66. The molecule has 0 unspecified atom stereocenters. The summed E-state index contributed by atoms with van der Waals surface area (Å²) in [5.74, 6) is -0.799. The van der Waals surface area contributed by atoms with E-state index in [1.807, 2.05) is 53.4 Å². The molecule has 2 N–H and O–H groups in total. The first-order valence-electron chi connectivity index (χ1n) is 10.6. The van der Waals surface area contributed by atoms with E-state index in [2.05, 4.69) is 4.90 Å². The SMILES string of the molecule is O=C(O)/C=C/C(=O)O.O=C(Oc1ccccc1Oc1ccccc1)N1CCN2CCC1CC2. The van der Waals surface area contributed by atoms with Crippen molar-refractivity contribution in [2.75, 3.05) is 26.2 Å². The summed E-state index contributed by atoms with van der Waals surface area (Å²) in [4.78, 5) is 36.1. The second-order valence-electron chi connectivity index (χ2n) is 7.51. The van der Waals surface area contributed by atoms with Crippen molar-refractivity contribution in [1.29, 1.82) is 0 Å². The molecule has 2 aromatic carbocycles. The molecule has 0 atom stereocenters. The minimum atomic E-state index is -1.26. The van der Waals surface area contributed by atoms with Gasteiger partial charge in [-0.1, -0.05) is 30.3 Å². The molecule has 5 rings (SSSR count). The van der Waals surface area contributed by atoms with Gasteiger partial charge in [-0.25, -0.2) is 14.4 Å². The maximum absolute atomic E-state index is 12.7. The van der Waals surface area contributed by atoms with Gasteiger partial charge in [0, 0.05) is 44.4 Å². The highest BCUT2D eigenvalue weighted by molar-refractivity contribution is 5.89. The summed E-state index contributed by atoms with van der Waals surface area (Å²) in [5.41, 5.74) is 0. The van der Waals surface area contributed by atoms with Crippen molar-refractivity contribution in [1.82, 2.24) is 9.80 Å². The summed E-state index contributed by atoms with van der Waals surface area (Å²) in [5, 5.41) is 15.6. The predicted octanol–water partition coefficient (Wildman–Crippen LogP) is 3.47. The molecule has 3 fully saturated rings. The lowest BCUT2D eigenvalue weighted by molar-refractivity contribution is -0.134. The molecule has 0 aliphatic carbocycles. The van der Waals surface area contributed by atoms with E-state index in [1.54, 1.807) is 6.07 Å². The molecule has 9 nitrogen and oxygen atoms in total. The summed E-state index contributed by atoms with van der Waals surface area (Å²) >= 11 is 0. The van der Waals surface area contributed by atoms with Crippen molar-refractivity contribution in [3.05, 3.63) is 66.7 Å². The van der Waals surface area contributed by atoms with E-state index in [0.29, 0.717) is 29.4 Å². The van der Waals surface area contributed by atoms with Crippen LogP contribution in [-0.4, -0.2) is 70.3 Å². The number of hydrogen-bond acceptors (Lipinski definition) is 6. The van der Waals surface area contributed by atoms with Crippen molar-refractivity contribution < 1.29 is 34.1 Å². The molecule has 0 saturated carbocycles. The average molecular weight is 454 g/mol. The number of para-hydroxylation sites is 3. The summed E-state index contributed by atoms with van der Waals surface area (Å²) in [6, 6.07) is 17.1. The quantitative estimate of drug-likeness (QED) is 0.660. The largest absolute Gasteiger partial charge is 0.478 e. The topological polar surface area (TPSA) is 117 Å². The number of benzene rings is 2. The minimum Gasteiger partial charge on any atom is -0.478 e. The zero-order valence-corrected chi connectivity index (χ0v) is 18.0. The number of hydrogen-bond donors (Lipinski definition) is 2. The van der Waals surface area contributed by atoms with Gasteiger partial charge in [0.15, 0.2) is 11.5 Å². The number of aliphatic carboxylic acids is 2. The van der Waals surface area contributed by atoms with Crippen molar-refractivity contribution in [2.24, 2.45) is 0 Å². The Hall–Kier alpha value is -3.85. The van der Waals surface area contributed by atoms with E-state index in [1.165, 1.54) is 0 Å². The van der Waals surface area contributed by atoms with E-state index in [-0.39, 0.29) is 12.1 Å². The standard InChI is InChI=1S/C20H22N2O3.C4H4O4/c23-20(22-15-14-21-12-10-16(22)11-13-21)25-19-9-5-4-8-18(19)24-17-6-2-1-3-7-17;5-3(6)1-2-4(7)8/h1-9,16H,10-15H2;1-2H,(H,5,6)(H,7,8)/b;2-1+. The van der Waals surface area contributed by atoms with E-state index in [0.717, 1.165) is 39.0 Å². The van der Waals surface area contributed by atoms with Crippen molar-refractivity contribution >= 4 is 18.0 Å². The van der Waals surface area contributed by atoms with Gasteiger partial charge in [0.2, 0.25) is 0 Å². The molecule has 0 aromatic heterocycles. The second-order valence-corrected chi connectivity index (χ2v) is 7.51. The smallest absolute Gasteiger partial charge is 0.415 e. The van der Waals surface area contributed by atoms with Gasteiger partial charge in [-0.15, -0.1) is 0 Å². The van der Waals surface area contributed by atoms with Gasteiger partial charge in [0.05, 0.1) is 0 Å². The van der Waals surface area contributed by atoms with Gasteiger partial charge in [-0.2, -0.15) is 0 Å². The molecule has 3 saturated heterocycles. The summed E-state index contributed by atoms with van der Waals surface area (Å²) in [7, 11) is 0. The van der Waals surface area contributed by atoms with Crippen LogP contribution in [-0.2, 0) is 9.59 Å². The number of rotatable bonds is 5. The van der Waals surface area contributed by atoms with Crippen LogP contribution in [0.15, 0.2) is 66.7 Å². The van der Waals surface area contributed by atoms with E-state index < -0.39 is 11.9 Å². The molecule has 3 aliphatic heterocycles. The molecule has 9 heteroatoms. The molecule has 2 aromatic rings. The fraction of sp³-hybridized carbons (Fsp3) is 0.292. The number of piperidine rings is 1. The van der Waals surface area contributed by atoms with Gasteiger partial charge in [0.25, 0.3) is 0 Å². The van der Waals surface area contributed by atoms with Gasteiger partial charge in [-0.3, -0.25) is 0 Å². The lowest BCUT2D eigenvalue weighted by Crippen LogP contribution is -2.43. The minimum absolute atomic E-state index is 0.280. The second kappa shape index (κ2) is 11.7. The third-order valence-electron chi connectivity index (χ3n) is 5.28. The molecule has 2 bridgehead atoms. The Morgan fingerprint density at radius 2 is 1.36 bits per heavy atom. The van der Waals surface area contributed by atoms with E-state index in [4.69, 9.17) is 19.7 Å². The molecule has 3 heterocycles. The Labute approximate surface area is 191 Å². The maximum Gasteiger partial charge on any atom is 0.415 e. The Balaban J connectivity index is 0.000000331. The monoisotopic (exact) mass is 454 g/mol. The number of fused-ring (bicyclic) bond motifs is 4. The first kappa shape index (κ1) is 23.8. The maximum atomic E-state index is 12.7. The molecular formula is C24H26N2O7. The number of carboxylic acids is 2. The van der Waals surface area contributed by atoms with Crippen LogP contribution in [0.5, 0.6) is 17.2 Å². The Bertz CT molecular complexity index is 969. The summed E-state index contributed by atoms with van der Waals surface area (Å²) in [6.45, 7) is 3.79. The van der Waals surface area contributed by atoms with Crippen LogP contribution in [0.1, 0.15) is 12.8 Å². The third kappa shape index (κ3) is 7.36. The number of ether oxygens (including phenoxy) is 2. The Kier molecular flexibility index (Phi) is 8.43. The highest BCUT2D eigenvalue weighted by Gasteiger charge is 2.33. The first-order chi connectivity index (χ1) is 15.9. The number of amides is 1. The zero-order valence-electron chi connectivity index (χ0n) is 18.0. The van der Waals surface area contributed by atoms with Gasteiger partial charge in [0.1, 0.15) is 5.75 Å². The highest BCUT2D eigenvalue weighted by Crippen LogP contribution is 2.32. The van der Waals surface area contributed by atoms with Crippen LogP contribution in [0.4, 0.5) is 4.79 Å². The molecule has 3 aliphatic rings. The lowest BCUT2D eigenvalue weighted by Gasteiger charge is -2.30. The van der Waals surface area contributed by atoms with Crippen LogP contribution >= 0.6 is 0 Å². The molecule has 174 valence electrons. The number of carbonyl (C=O) groups excluding carboxylic acids is 1. The van der Waals surface area contributed by atoms with Crippen molar-refractivity contribution in [2.45, 2.75) is 18.9 Å². The van der Waals surface area contributed by atoms with Crippen molar-refractivity contribution in [3.8, 4) is 17.2 Å². The van der Waals surface area contributed by atoms with Crippen LogP contribution in [0.25, 0.3) is 0 Å². The predicted molar refractivity (Wildman–Crippen MR) is 120 cm³/mol. The summed E-state index contributed by atoms with van der Waals surface area (Å²) < 4.78 is 11.6. The van der Waals surface area contributed by atoms with Crippen LogP contribution in [0.3, 0.4) is 0 Å². The van der Waals surface area contributed by atoms with Crippen molar-refractivity contribution in [3.63, 3.8) is 0 Å². The molecule has 1 amide bonds. The average Bonchev–Trinajstić information content (AvgIpc) is 3.14. The molecule has 0 spiro atoms. The van der Waals surface area contributed by atoms with Crippen LogP contribution in [0, 0.1) is 0 Å². The lowest BCUT2D eigenvalue weighted by atomic mass is 10.1. The molecule has 0 radical (unpaired) electrons. The fourth-order valence-electron chi connectivity index (χ4n) is 3.66. The zero-order chi connectivity index (χ0) is 23.6. The van der Waals surface area contributed by atoms with E-state index >= 15 is 0 Å². The normalized spacial score (nSPS) is 19.2. The number of nitrogens with zero attached hydrogens (tertiary/aromatic N) is 2.